The highest BCUT2D eigenvalue weighted by Crippen LogP contribution is 2.19. The molecule has 1 aliphatic heterocycles. The Balaban J connectivity index is 2.05. The zero-order chi connectivity index (χ0) is 14.5. The Labute approximate surface area is 120 Å². The van der Waals surface area contributed by atoms with Crippen molar-refractivity contribution < 1.29 is 4.92 Å². The van der Waals surface area contributed by atoms with E-state index in [2.05, 4.69) is 24.1 Å². The summed E-state index contributed by atoms with van der Waals surface area (Å²) in [7, 11) is 0. The molecule has 5 heteroatoms. The molecule has 110 valence electrons. The average molecular weight is 277 g/mol. The van der Waals surface area contributed by atoms with Crippen LogP contribution in [0.3, 0.4) is 0 Å². The lowest BCUT2D eigenvalue weighted by Crippen LogP contribution is -2.50. The van der Waals surface area contributed by atoms with E-state index >= 15 is 0 Å². The number of hydrogen-bond acceptors (Lipinski definition) is 4. The first kappa shape index (κ1) is 14.9. The summed E-state index contributed by atoms with van der Waals surface area (Å²) in [6, 6.07) is 7.47. The van der Waals surface area contributed by atoms with Gasteiger partial charge >= 0.3 is 0 Å². The maximum absolute atomic E-state index is 10.7. The van der Waals surface area contributed by atoms with E-state index in [0.717, 1.165) is 32.6 Å². The van der Waals surface area contributed by atoms with Gasteiger partial charge in [-0.2, -0.15) is 0 Å². The predicted molar refractivity (Wildman–Crippen MR) is 79.9 cm³/mol. The summed E-state index contributed by atoms with van der Waals surface area (Å²) >= 11 is 0. The van der Waals surface area contributed by atoms with E-state index in [1.165, 1.54) is 5.56 Å². The van der Waals surface area contributed by atoms with Crippen molar-refractivity contribution in [3.63, 3.8) is 0 Å². The van der Waals surface area contributed by atoms with Crippen LogP contribution in [-0.2, 0) is 6.42 Å². The molecule has 1 aromatic carbocycles. The third-order valence-corrected chi connectivity index (χ3v) is 3.98. The highest BCUT2D eigenvalue weighted by molar-refractivity contribution is 5.33. The molecule has 1 atom stereocenters. The number of benzene rings is 1. The summed E-state index contributed by atoms with van der Waals surface area (Å²) < 4.78 is 0. The highest BCUT2D eigenvalue weighted by atomic mass is 16.6. The van der Waals surface area contributed by atoms with Gasteiger partial charge in [-0.3, -0.25) is 15.0 Å². The lowest BCUT2D eigenvalue weighted by molar-refractivity contribution is -0.384. The first-order valence-corrected chi connectivity index (χ1v) is 7.26. The van der Waals surface area contributed by atoms with Crippen LogP contribution in [0.25, 0.3) is 0 Å². The number of rotatable bonds is 5. The van der Waals surface area contributed by atoms with E-state index < -0.39 is 0 Å². The molecule has 1 aromatic rings. The van der Waals surface area contributed by atoms with Gasteiger partial charge in [-0.05, 0) is 17.9 Å². The fraction of sp³-hybridized carbons (Fsp3) is 0.600. The second-order valence-corrected chi connectivity index (χ2v) is 5.73. The maximum atomic E-state index is 10.7. The predicted octanol–water partition coefficient (Wildman–Crippen LogP) is 2.07. The first-order valence-electron chi connectivity index (χ1n) is 7.26. The van der Waals surface area contributed by atoms with Crippen molar-refractivity contribution in [2.75, 3.05) is 26.2 Å². The molecule has 0 bridgehead atoms. The molecule has 1 unspecified atom stereocenters. The van der Waals surface area contributed by atoms with Crippen LogP contribution in [0.1, 0.15) is 19.4 Å². The largest absolute Gasteiger partial charge is 0.314 e. The molecular weight excluding hydrogens is 254 g/mol. The summed E-state index contributed by atoms with van der Waals surface area (Å²) in [6.07, 6.45) is 0.954. The zero-order valence-electron chi connectivity index (χ0n) is 12.2. The van der Waals surface area contributed by atoms with Crippen LogP contribution in [0.5, 0.6) is 0 Å². The second kappa shape index (κ2) is 6.81. The summed E-state index contributed by atoms with van der Waals surface area (Å²) in [5.74, 6) is 0.572. The molecule has 0 spiro atoms. The van der Waals surface area contributed by atoms with E-state index in [1.807, 2.05) is 12.1 Å². The van der Waals surface area contributed by atoms with Gasteiger partial charge in [-0.15, -0.1) is 0 Å². The Kier molecular flexibility index (Phi) is 5.09. The maximum Gasteiger partial charge on any atom is 0.269 e. The van der Waals surface area contributed by atoms with E-state index in [1.54, 1.807) is 12.1 Å². The van der Waals surface area contributed by atoms with Gasteiger partial charge in [-0.25, -0.2) is 0 Å². The smallest absolute Gasteiger partial charge is 0.269 e. The van der Waals surface area contributed by atoms with Crippen molar-refractivity contribution >= 4 is 5.69 Å². The van der Waals surface area contributed by atoms with Crippen LogP contribution in [0.2, 0.25) is 0 Å². The van der Waals surface area contributed by atoms with Crippen molar-refractivity contribution in [3.8, 4) is 0 Å². The molecular formula is C15H23N3O2. The number of piperazine rings is 1. The number of hydrogen-bond donors (Lipinski definition) is 1. The van der Waals surface area contributed by atoms with Crippen LogP contribution < -0.4 is 5.32 Å². The Morgan fingerprint density at radius 3 is 2.35 bits per heavy atom. The molecule has 1 saturated heterocycles. The minimum atomic E-state index is -0.347. The van der Waals surface area contributed by atoms with E-state index in [-0.39, 0.29) is 10.6 Å². The topological polar surface area (TPSA) is 58.4 Å². The second-order valence-electron chi connectivity index (χ2n) is 5.73. The van der Waals surface area contributed by atoms with Gasteiger partial charge in [0.25, 0.3) is 5.69 Å². The molecule has 0 radical (unpaired) electrons. The number of nitrogens with one attached hydrogen (secondary N) is 1. The van der Waals surface area contributed by atoms with Crippen molar-refractivity contribution in [2.24, 2.45) is 5.92 Å². The van der Waals surface area contributed by atoms with Crippen molar-refractivity contribution in [2.45, 2.75) is 26.3 Å². The molecule has 1 heterocycles. The van der Waals surface area contributed by atoms with E-state index in [4.69, 9.17) is 0 Å². The fourth-order valence-electron chi connectivity index (χ4n) is 2.80. The van der Waals surface area contributed by atoms with Gasteiger partial charge in [0.15, 0.2) is 0 Å². The van der Waals surface area contributed by atoms with Crippen molar-refractivity contribution in [1.29, 1.82) is 0 Å². The zero-order valence-corrected chi connectivity index (χ0v) is 12.2. The van der Waals surface area contributed by atoms with Crippen LogP contribution in [0, 0.1) is 16.0 Å². The SMILES string of the molecule is CC(C)C(Cc1ccc([N+](=O)[O-])cc1)N1CCNCC1. The van der Waals surface area contributed by atoms with Crippen LogP contribution in [0.15, 0.2) is 24.3 Å². The fourth-order valence-corrected chi connectivity index (χ4v) is 2.80. The summed E-state index contributed by atoms with van der Waals surface area (Å²) in [6.45, 7) is 8.74. The number of nitro groups is 1. The lowest BCUT2D eigenvalue weighted by atomic mass is 9.94. The third-order valence-electron chi connectivity index (χ3n) is 3.98. The van der Waals surface area contributed by atoms with Crippen LogP contribution >= 0.6 is 0 Å². The molecule has 0 aliphatic carbocycles. The van der Waals surface area contributed by atoms with Gasteiger partial charge in [0.2, 0.25) is 0 Å². The standard InChI is InChI=1S/C15H23N3O2/c1-12(2)15(17-9-7-16-8-10-17)11-13-3-5-14(6-4-13)18(19)20/h3-6,12,15-16H,7-11H2,1-2H3. The molecule has 1 fully saturated rings. The van der Waals surface area contributed by atoms with E-state index in [0.29, 0.717) is 12.0 Å². The minimum Gasteiger partial charge on any atom is -0.314 e. The minimum absolute atomic E-state index is 0.164. The highest BCUT2D eigenvalue weighted by Gasteiger charge is 2.23. The molecule has 2 rings (SSSR count). The molecule has 5 nitrogen and oxygen atoms in total. The quantitative estimate of drug-likeness (QED) is 0.661. The van der Waals surface area contributed by atoms with Gasteiger partial charge in [0, 0.05) is 44.4 Å². The van der Waals surface area contributed by atoms with Crippen LogP contribution in [0.4, 0.5) is 5.69 Å². The van der Waals surface area contributed by atoms with Gasteiger partial charge in [-0.1, -0.05) is 26.0 Å². The lowest BCUT2D eigenvalue weighted by Gasteiger charge is -2.37. The monoisotopic (exact) mass is 277 g/mol. The molecule has 1 N–H and O–H groups in total. The molecule has 0 amide bonds. The third kappa shape index (κ3) is 3.77. The normalized spacial score (nSPS) is 18.1. The first-order chi connectivity index (χ1) is 9.58. The number of nitrogens with zero attached hydrogens (tertiary/aromatic N) is 2. The van der Waals surface area contributed by atoms with Gasteiger partial charge < -0.3 is 5.32 Å². The van der Waals surface area contributed by atoms with Gasteiger partial charge in [0.1, 0.15) is 0 Å². The number of non-ortho nitro benzene ring substituents is 1. The summed E-state index contributed by atoms with van der Waals surface area (Å²) in [5, 5.41) is 14.1. The molecule has 20 heavy (non-hydrogen) atoms. The average Bonchev–Trinajstić information content (AvgIpc) is 2.46. The van der Waals surface area contributed by atoms with E-state index in [9.17, 15) is 10.1 Å². The van der Waals surface area contributed by atoms with Crippen molar-refractivity contribution in [3.05, 3.63) is 39.9 Å². The van der Waals surface area contributed by atoms with Crippen LogP contribution in [-0.4, -0.2) is 42.0 Å². The Hall–Kier alpha value is -1.46. The Morgan fingerprint density at radius 1 is 1.25 bits per heavy atom. The summed E-state index contributed by atoms with van der Waals surface area (Å²) in [4.78, 5) is 12.9. The van der Waals surface area contributed by atoms with Crippen molar-refractivity contribution in [1.82, 2.24) is 10.2 Å². The Morgan fingerprint density at radius 2 is 1.85 bits per heavy atom. The van der Waals surface area contributed by atoms with Gasteiger partial charge in [0.05, 0.1) is 4.92 Å². The Bertz CT molecular complexity index is 439. The molecule has 0 saturated carbocycles. The number of nitro benzene ring substituents is 1. The molecule has 1 aliphatic rings. The summed E-state index contributed by atoms with van der Waals surface area (Å²) in [5.41, 5.74) is 1.34. The molecule has 0 aromatic heterocycles.